The van der Waals surface area contributed by atoms with Crippen LogP contribution in [0.1, 0.15) is 51.5 Å². The Morgan fingerprint density at radius 2 is 1.91 bits per heavy atom. The highest BCUT2D eigenvalue weighted by Gasteiger charge is 2.30. The first-order chi connectivity index (χ1) is 10.2. The minimum absolute atomic E-state index is 0. The minimum atomic E-state index is 0. The van der Waals surface area contributed by atoms with Crippen molar-refractivity contribution in [2.24, 2.45) is 0 Å². The molecule has 0 saturated carbocycles. The number of hydrogen-bond acceptors (Lipinski definition) is 2. The Labute approximate surface area is 140 Å². The van der Waals surface area contributed by atoms with Gasteiger partial charge in [-0.3, -0.25) is 4.79 Å². The summed E-state index contributed by atoms with van der Waals surface area (Å²) in [4.78, 5) is 12.3. The van der Waals surface area contributed by atoms with Gasteiger partial charge in [-0.1, -0.05) is 50.6 Å². The van der Waals surface area contributed by atoms with Gasteiger partial charge in [0.25, 0.3) is 0 Å². The van der Waals surface area contributed by atoms with Gasteiger partial charge >= 0.3 is 0 Å². The van der Waals surface area contributed by atoms with Crippen molar-refractivity contribution in [1.82, 2.24) is 10.6 Å². The summed E-state index contributed by atoms with van der Waals surface area (Å²) in [5.74, 6) is 0.164. The molecule has 0 aliphatic carbocycles. The maximum absolute atomic E-state index is 12.3. The number of benzene rings is 1. The van der Waals surface area contributed by atoms with Crippen molar-refractivity contribution in [1.29, 1.82) is 0 Å². The van der Waals surface area contributed by atoms with Crippen LogP contribution in [0.3, 0.4) is 0 Å². The fraction of sp³-hybridized carbons (Fsp3) is 0.611. The standard InChI is InChI=1S/C18H28N2O.ClH/c1-3-18(4-2,15-10-6-5-7-11-15)14-20-17(21)16-12-8-9-13-19-16;/h5-7,10-11,16,19H,3-4,8-9,12-14H2,1-2H3,(H,20,21);1H. The van der Waals surface area contributed by atoms with E-state index < -0.39 is 0 Å². The molecule has 1 heterocycles. The molecule has 1 unspecified atom stereocenters. The fourth-order valence-corrected chi connectivity index (χ4v) is 3.26. The highest BCUT2D eigenvalue weighted by atomic mass is 35.5. The Bertz CT molecular complexity index is 440. The first kappa shape index (κ1) is 19.0. The van der Waals surface area contributed by atoms with Crippen molar-refractivity contribution in [2.45, 2.75) is 57.4 Å². The zero-order valence-corrected chi connectivity index (χ0v) is 14.5. The minimum Gasteiger partial charge on any atom is -0.354 e. The number of amides is 1. The van der Waals surface area contributed by atoms with E-state index in [1.165, 1.54) is 12.0 Å². The molecule has 1 saturated heterocycles. The summed E-state index contributed by atoms with van der Waals surface area (Å²) < 4.78 is 0. The van der Waals surface area contributed by atoms with Crippen LogP contribution in [0.25, 0.3) is 0 Å². The molecule has 1 atom stereocenters. The molecule has 1 aliphatic heterocycles. The second-order valence-electron chi connectivity index (χ2n) is 6.07. The largest absolute Gasteiger partial charge is 0.354 e. The normalized spacial score (nSPS) is 18.4. The number of rotatable bonds is 6. The third-order valence-electron chi connectivity index (χ3n) is 4.97. The lowest BCUT2D eigenvalue weighted by Gasteiger charge is -2.33. The molecule has 2 rings (SSSR count). The number of carbonyl (C=O) groups is 1. The summed E-state index contributed by atoms with van der Waals surface area (Å²) in [6.07, 6.45) is 5.36. The van der Waals surface area contributed by atoms with Gasteiger partial charge in [0.05, 0.1) is 6.04 Å². The van der Waals surface area contributed by atoms with E-state index in [4.69, 9.17) is 0 Å². The Kier molecular flexibility index (Phi) is 7.91. The lowest BCUT2D eigenvalue weighted by molar-refractivity contribution is -0.124. The van der Waals surface area contributed by atoms with Gasteiger partial charge in [-0.05, 0) is 37.8 Å². The van der Waals surface area contributed by atoms with Crippen molar-refractivity contribution in [2.75, 3.05) is 13.1 Å². The lowest BCUT2D eigenvalue weighted by Crippen LogP contribution is -2.50. The summed E-state index contributed by atoms with van der Waals surface area (Å²) in [5.41, 5.74) is 1.37. The van der Waals surface area contributed by atoms with Crippen LogP contribution >= 0.6 is 12.4 Å². The summed E-state index contributed by atoms with van der Waals surface area (Å²) in [6.45, 7) is 6.10. The molecule has 1 fully saturated rings. The second kappa shape index (κ2) is 9.16. The summed E-state index contributed by atoms with van der Waals surface area (Å²) >= 11 is 0. The Morgan fingerprint density at radius 3 is 2.45 bits per heavy atom. The van der Waals surface area contributed by atoms with Crippen LogP contribution in [-0.2, 0) is 10.2 Å². The van der Waals surface area contributed by atoms with Crippen LogP contribution in [0, 0.1) is 0 Å². The van der Waals surface area contributed by atoms with Gasteiger partial charge in [-0.25, -0.2) is 0 Å². The van der Waals surface area contributed by atoms with E-state index in [9.17, 15) is 4.79 Å². The molecule has 124 valence electrons. The number of hydrogen-bond donors (Lipinski definition) is 2. The van der Waals surface area contributed by atoms with E-state index in [-0.39, 0.29) is 29.8 Å². The van der Waals surface area contributed by atoms with E-state index in [1.807, 2.05) is 6.07 Å². The van der Waals surface area contributed by atoms with Gasteiger partial charge in [0.2, 0.25) is 5.91 Å². The van der Waals surface area contributed by atoms with Crippen molar-refractivity contribution < 1.29 is 4.79 Å². The molecule has 0 aromatic heterocycles. The highest BCUT2D eigenvalue weighted by molar-refractivity contribution is 5.85. The second-order valence-corrected chi connectivity index (χ2v) is 6.07. The van der Waals surface area contributed by atoms with Crippen molar-refractivity contribution in [3.63, 3.8) is 0 Å². The van der Waals surface area contributed by atoms with Crippen molar-refractivity contribution in [3.05, 3.63) is 35.9 Å². The molecule has 0 radical (unpaired) electrons. The van der Waals surface area contributed by atoms with Gasteiger partial charge in [-0.15, -0.1) is 12.4 Å². The third-order valence-corrected chi connectivity index (χ3v) is 4.97. The van der Waals surface area contributed by atoms with E-state index in [0.29, 0.717) is 0 Å². The maximum Gasteiger partial charge on any atom is 0.237 e. The first-order valence-corrected chi connectivity index (χ1v) is 8.28. The molecular weight excluding hydrogens is 296 g/mol. The molecule has 1 aliphatic rings. The fourth-order valence-electron chi connectivity index (χ4n) is 3.26. The topological polar surface area (TPSA) is 41.1 Å². The average Bonchev–Trinajstić information content (AvgIpc) is 2.58. The maximum atomic E-state index is 12.3. The predicted octanol–water partition coefficient (Wildman–Crippen LogP) is 3.42. The van der Waals surface area contributed by atoms with Gasteiger partial charge in [0.15, 0.2) is 0 Å². The molecule has 1 aromatic rings. The van der Waals surface area contributed by atoms with Crippen LogP contribution in [-0.4, -0.2) is 25.0 Å². The summed E-state index contributed by atoms with van der Waals surface area (Å²) in [5, 5.41) is 6.51. The van der Waals surface area contributed by atoms with E-state index >= 15 is 0 Å². The Morgan fingerprint density at radius 1 is 1.23 bits per heavy atom. The summed E-state index contributed by atoms with van der Waals surface area (Å²) in [6, 6.07) is 10.6. The number of nitrogens with one attached hydrogen (secondary N) is 2. The predicted molar refractivity (Wildman–Crippen MR) is 94.6 cm³/mol. The van der Waals surface area contributed by atoms with E-state index in [2.05, 4.69) is 48.7 Å². The molecular formula is C18H29ClN2O. The van der Waals surface area contributed by atoms with Gasteiger partial charge in [0.1, 0.15) is 0 Å². The average molecular weight is 325 g/mol. The lowest BCUT2D eigenvalue weighted by atomic mass is 9.75. The molecule has 2 N–H and O–H groups in total. The number of carbonyl (C=O) groups excluding carboxylic acids is 1. The van der Waals surface area contributed by atoms with Crippen molar-refractivity contribution in [3.8, 4) is 0 Å². The van der Waals surface area contributed by atoms with Gasteiger partial charge in [0, 0.05) is 12.0 Å². The van der Waals surface area contributed by atoms with Crippen LogP contribution in [0.4, 0.5) is 0 Å². The van der Waals surface area contributed by atoms with Crippen LogP contribution in [0.2, 0.25) is 0 Å². The monoisotopic (exact) mass is 324 g/mol. The molecule has 0 bridgehead atoms. The van der Waals surface area contributed by atoms with Crippen LogP contribution < -0.4 is 10.6 Å². The Balaban J connectivity index is 0.00000242. The molecule has 3 nitrogen and oxygen atoms in total. The van der Waals surface area contributed by atoms with E-state index in [1.54, 1.807) is 0 Å². The molecule has 0 spiro atoms. The van der Waals surface area contributed by atoms with Crippen molar-refractivity contribution >= 4 is 18.3 Å². The first-order valence-electron chi connectivity index (χ1n) is 8.28. The molecule has 22 heavy (non-hydrogen) atoms. The third kappa shape index (κ3) is 4.47. The van der Waals surface area contributed by atoms with E-state index in [0.717, 1.165) is 38.8 Å². The van der Waals surface area contributed by atoms with Gasteiger partial charge < -0.3 is 10.6 Å². The Hall–Kier alpha value is -1.06. The molecule has 4 heteroatoms. The van der Waals surface area contributed by atoms with Gasteiger partial charge in [-0.2, -0.15) is 0 Å². The zero-order valence-electron chi connectivity index (χ0n) is 13.7. The van der Waals surface area contributed by atoms with Crippen LogP contribution in [0.5, 0.6) is 0 Å². The highest BCUT2D eigenvalue weighted by Crippen LogP contribution is 2.30. The smallest absolute Gasteiger partial charge is 0.237 e. The van der Waals surface area contributed by atoms with Crippen LogP contribution in [0.15, 0.2) is 30.3 Å². The number of halogens is 1. The molecule has 1 amide bonds. The summed E-state index contributed by atoms with van der Waals surface area (Å²) in [7, 11) is 0. The zero-order chi connectivity index (χ0) is 15.1. The number of piperidine rings is 1. The molecule has 1 aromatic carbocycles. The SMILES string of the molecule is CCC(CC)(CNC(=O)C1CCCCN1)c1ccccc1.Cl. The quantitative estimate of drug-likeness (QED) is 0.841.